The molecule has 3 rings (SSSR count). The van der Waals surface area contributed by atoms with Gasteiger partial charge in [0.25, 0.3) is 0 Å². The molecule has 0 atom stereocenters. The lowest BCUT2D eigenvalue weighted by atomic mass is 10.2. The van der Waals surface area contributed by atoms with Gasteiger partial charge in [-0.3, -0.25) is 4.79 Å². The molecule has 2 N–H and O–H groups in total. The van der Waals surface area contributed by atoms with Gasteiger partial charge in [-0.05, 0) is 42.5 Å². The lowest BCUT2D eigenvalue weighted by Crippen LogP contribution is -2.26. The van der Waals surface area contributed by atoms with Crippen LogP contribution in [0.4, 0.5) is 5.69 Å². The van der Waals surface area contributed by atoms with Crippen LogP contribution in [0.1, 0.15) is 12.6 Å². The van der Waals surface area contributed by atoms with Gasteiger partial charge in [0.1, 0.15) is 5.01 Å². The highest BCUT2D eigenvalue weighted by Crippen LogP contribution is 2.33. The lowest BCUT2D eigenvalue weighted by molar-refractivity contribution is -0.114. The Morgan fingerprint density at radius 3 is 2.42 bits per heavy atom. The Bertz CT molecular complexity index is 1160. The molecule has 0 radical (unpaired) electrons. The first kappa shape index (κ1) is 22.7. The van der Waals surface area contributed by atoms with Crippen LogP contribution in [0.5, 0.6) is 11.5 Å². The molecule has 0 spiro atoms. The third-order valence-corrected chi connectivity index (χ3v) is 6.76. The fourth-order valence-corrected chi connectivity index (χ4v) is 4.72. The number of thiazole rings is 1. The molecule has 2 aromatic carbocycles. The summed E-state index contributed by atoms with van der Waals surface area (Å²) in [6.45, 7) is 1.60. The zero-order valence-corrected chi connectivity index (χ0v) is 19.0. The fraction of sp³-hybridized carbons (Fsp3) is 0.238. The number of hydrogen-bond donors (Lipinski definition) is 2. The van der Waals surface area contributed by atoms with Crippen LogP contribution in [-0.2, 0) is 21.2 Å². The van der Waals surface area contributed by atoms with Crippen LogP contribution in [-0.4, -0.2) is 40.1 Å². The number of hydrogen-bond acceptors (Lipinski definition) is 7. The van der Waals surface area contributed by atoms with Gasteiger partial charge in [0.05, 0.1) is 24.8 Å². The van der Waals surface area contributed by atoms with Crippen LogP contribution in [0.2, 0.25) is 0 Å². The molecule has 31 heavy (non-hydrogen) atoms. The van der Waals surface area contributed by atoms with Crippen LogP contribution in [0.15, 0.2) is 52.7 Å². The zero-order valence-electron chi connectivity index (χ0n) is 17.3. The van der Waals surface area contributed by atoms with Crippen LogP contribution >= 0.6 is 11.3 Å². The van der Waals surface area contributed by atoms with E-state index in [-0.39, 0.29) is 17.3 Å². The van der Waals surface area contributed by atoms with Crippen molar-refractivity contribution in [3.63, 3.8) is 0 Å². The van der Waals surface area contributed by atoms with Gasteiger partial charge < -0.3 is 14.8 Å². The van der Waals surface area contributed by atoms with E-state index in [4.69, 9.17) is 9.47 Å². The molecule has 0 fully saturated rings. The Labute approximate surface area is 185 Å². The molecule has 0 saturated carbocycles. The topological polar surface area (TPSA) is 107 Å². The molecule has 0 bridgehead atoms. The van der Waals surface area contributed by atoms with E-state index in [1.807, 2.05) is 23.6 Å². The summed E-state index contributed by atoms with van der Waals surface area (Å²) < 4.78 is 38.1. The van der Waals surface area contributed by atoms with E-state index in [1.165, 1.54) is 30.4 Å². The second-order valence-electron chi connectivity index (χ2n) is 6.57. The fourth-order valence-electron chi connectivity index (χ4n) is 2.84. The van der Waals surface area contributed by atoms with Gasteiger partial charge in [-0.2, -0.15) is 0 Å². The van der Waals surface area contributed by atoms with E-state index in [1.54, 1.807) is 26.4 Å². The normalized spacial score (nSPS) is 11.2. The first-order valence-electron chi connectivity index (χ1n) is 9.36. The number of amides is 1. The van der Waals surface area contributed by atoms with Crippen molar-refractivity contribution in [2.45, 2.75) is 18.2 Å². The minimum atomic E-state index is -3.66. The summed E-state index contributed by atoms with van der Waals surface area (Å²) in [5.74, 6) is 1.04. The van der Waals surface area contributed by atoms with Gasteiger partial charge in [0.2, 0.25) is 15.9 Å². The Morgan fingerprint density at radius 2 is 1.77 bits per heavy atom. The number of carbonyl (C=O) groups excluding carboxylic acids is 1. The number of nitrogens with zero attached hydrogens (tertiary/aromatic N) is 1. The second kappa shape index (κ2) is 9.90. The molecule has 8 nitrogen and oxygen atoms in total. The summed E-state index contributed by atoms with van der Waals surface area (Å²) >= 11 is 1.48. The average Bonchev–Trinajstić information content (AvgIpc) is 3.22. The number of nitrogens with one attached hydrogen (secondary N) is 2. The van der Waals surface area contributed by atoms with Crippen LogP contribution in [0, 0.1) is 0 Å². The molecule has 164 valence electrons. The summed E-state index contributed by atoms with van der Waals surface area (Å²) in [7, 11) is -0.497. The molecule has 1 heterocycles. The largest absolute Gasteiger partial charge is 0.493 e. The quantitative estimate of drug-likeness (QED) is 0.506. The Morgan fingerprint density at radius 1 is 1.06 bits per heavy atom. The van der Waals surface area contributed by atoms with E-state index in [0.29, 0.717) is 23.6 Å². The molecule has 0 unspecified atom stereocenters. The lowest BCUT2D eigenvalue weighted by Gasteiger charge is -2.08. The molecular formula is C21H23N3O5S2. The Hall–Kier alpha value is -2.95. The molecule has 0 aliphatic carbocycles. The van der Waals surface area contributed by atoms with E-state index >= 15 is 0 Å². The van der Waals surface area contributed by atoms with Crippen molar-refractivity contribution in [2.75, 3.05) is 26.1 Å². The number of aromatic nitrogens is 1. The third-order valence-electron chi connectivity index (χ3n) is 4.34. The van der Waals surface area contributed by atoms with E-state index in [9.17, 15) is 13.2 Å². The van der Waals surface area contributed by atoms with Crippen molar-refractivity contribution >= 4 is 33.0 Å². The summed E-state index contributed by atoms with van der Waals surface area (Å²) in [5, 5.41) is 5.32. The minimum absolute atomic E-state index is 0.130. The highest BCUT2D eigenvalue weighted by molar-refractivity contribution is 7.89. The highest BCUT2D eigenvalue weighted by Gasteiger charge is 2.14. The van der Waals surface area contributed by atoms with Crippen molar-refractivity contribution in [1.82, 2.24) is 9.71 Å². The summed E-state index contributed by atoms with van der Waals surface area (Å²) in [4.78, 5) is 15.8. The van der Waals surface area contributed by atoms with Gasteiger partial charge in [-0.15, -0.1) is 11.3 Å². The maximum Gasteiger partial charge on any atom is 0.240 e. The molecular weight excluding hydrogens is 438 g/mol. The van der Waals surface area contributed by atoms with Crippen LogP contribution in [0.3, 0.4) is 0 Å². The Balaban J connectivity index is 1.61. The Kier molecular flexibility index (Phi) is 7.26. The predicted molar refractivity (Wildman–Crippen MR) is 120 cm³/mol. The molecule has 0 aliphatic heterocycles. The average molecular weight is 462 g/mol. The molecule has 3 aromatic rings. The number of methoxy groups -OCH3 is 2. The number of carbonyl (C=O) groups is 1. The first-order valence-corrected chi connectivity index (χ1v) is 11.7. The van der Waals surface area contributed by atoms with Gasteiger partial charge in [0.15, 0.2) is 11.5 Å². The standard InChI is InChI=1S/C21H23N3O5S2/c1-14(25)23-16-5-7-18(8-6-16)31(26,27)22-11-10-17-13-30-21(24-17)15-4-9-19(28-2)20(12-15)29-3/h4-9,12-13,22H,10-11H2,1-3H3,(H,23,25). The van der Waals surface area contributed by atoms with Gasteiger partial charge in [-0.1, -0.05) is 0 Å². The van der Waals surface area contributed by atoms with E-state index < -0.39 is 10.0 Å². The first-order chi connectivity index (χ1) is 14.8. The van der Waals surface area contributed by atoms with E-state index in [2.05, 4.69) is 15.0 Å². The molecule has 0 saturated heterocycles. The van der Waals surface area contributed by atoms with Crippen molar-refractivity contribution in [3.8, 4) is 22.1 Å². The SMILES string of the molecule is COc1ccc(-c2nc(CCNS(=O)(=O)c3ccc(NC(C)=O)cc3)cs2)cc1OC. The molecule has 0 aliphatic rings. The van der Waals surface area contributed by atoms with Crippen molar-refractivity contribution in [2.24, 2.45) is 0 Å². The number of anilines is 1. The highest BCUT2D eigenvalue weighted by atomic mass is 32.2. The number of ether oxygens (including phenoxy) is 2. The predicted octanol–water partition coefficient (Wildman–Crippen LogP) is 3.31. The van der Waals surface area contributed by atoms with Crippen LogP contribution < -0.4 is 19.5 Å². The number of sulfonamides is 1. The second-order valence-corrected chi connectivity index (χ2v) is 9.19. The van der Waals surface area contributed by atoms with E-state index in [0.717, 1.165) is 16.3 Å². The summed E-state index contributed by atoms with van der Waals surface area (Å²) in [6, 6.07) is 11.6. The monoisotopic (exact) mass is 461 g/mol. The minimum Gasteiger partial charge on any atom is -0.493 e. The third kappa shape index (κ3) is 5.81. The molecule has 10 heteroatoms. The zero-order chi connectivity index (χ0) is 22.4. The van der Waals surface area contributed by atoms with Crippen LogP contribution in [0.25, 0.3) is 10.6 Å². The molecule has 1 amide bonds. The number of rotatable bonds is 9. The maximum atomic E-state index is 12.5. The maximum absolute atomic E-state index is 12.5. The van der Waals surface area contributed by atoms with Crippen molar-refractivity contribution in [1.29, 1.82) is 0 Å². The van der Waals surface area contributed by atoms with Crippen molar-refractivity contribution < 1.29 is 22.7 Å². The summed E-state index contributed by atoms with van der Waals surface area (Å²) in [6.07, 6.45) is 0.451. The van der Waals surface area contributed by atoms with Gasteiger partial charge in [-0.25, -0.2) is 18.1 Å². The number of benzene rings is 2. The van der Waals surface area contributed by atoms with Crippen molar-refractivity contribution in [3.05, 3.63) is 53.5 Å². The van der Waals surface area contributed by atoms with Gasteiger partial charge >= 0.3 is 0 Å². The van der Waals surface area contributed by atoms with Gasteiger partial charge in [0, 0.05) is 36.5 Å². The summed E-state index contributed by atoms with van der Waals surface area (Å²) in [5.41, 5.74) is 2.23. The molecule has 1 aromatic heterocycles. The smallest absolute Gasteiger partial charge is 0.240 e.